The fourth-order valence-corrected chi connectivity index (χ4v) is 2.69. The molecule has 0 saturated heterocycles. The van der Waals surface area contributed by atoms with Gasteiger partial charge in [-0.3, -0.25) is 0 Å². The smallest absolute Gasteiger partial charge is 0.104 e. The van der Waals surface area contributed by atoms with Crippen LogP contribution in [0.25, 0.3) is 10.1 Å². The van der Waals surface area contributed by atoms with E-state index < -0.39 is 6.10 Å². The second-order valence-electron chi connectivity index (χ2n) is 3.78. The highest BCUT2D eigenvalue weighted by molar-refractivity contribution is 7.17. The molecule has 0 radical (unpaired) electrons. The summed E-state index contributed by atoms with van der Waals surface area (Å²) in [5, 5.41) is 13.2. The van der Waals surface area contributed by atoms with E-state index >= 15 is 0 Å². The van der Waals surface area contributed by atoms with E-state index in [1.165, 1.54) is 4.70 Å². The summed E-state index contributed by atoms with van der Waals surface area (Å²) in [5.74, 6) is 0. The number of fused-ring (bicyclic) bond motifs is 1. The van der Waals surface area contributed by atoms with Crippen molar-refractivity contribution in [3.63, 3.8) is 0 Å². The van der Waals surface area contributed by atoms with Crippen molar-refractivity contribution in [2.24, 2.45) is 0 Å². The second-order valence-corrected chi connectivity index (χ2v) is 4.69. The lowest BCUT2D eigenvalue weighted by atomic mass is 10.1. The maximum atomic E-state index is 10.0. The predicted octanol–water partition coefficient (Wildman–Crippen LogP) is 3.36. The summed E-state index contributed by atoms with van der Waals surface area (Å²) >= 11 is 1.67. The van der Waals surface area contributed by atoms with Gasteiger partial charge in [-0.1, -0.05) is 25.1 Å². The molecule has 1 aromatic carbocycles. The number of hydrogen-bond acceptors (Lipinski definition) is 3. The van der Waals surface area contributed by atoms with Gasteiger partial charge in [0.15, 0.2) is 0 Å². The Labute approximate surface area is 99.5 Å². The Morgan fingerprint density at radius 1 is 1.38 bits per heavy atom. The van der Waals surface area contributed by atoms with Crippen molar-refractivity contribution in [3.05, 3.63) is 35.2 Å². The summed E-state index contributed by atoms with van der Waals surface area (Å²) in [6, 6.07) is 8.13. The molecule has 0 saturated carbocycles. The van der Waals surface area contributed by atoms with Crippen molar-refractivity contribution in [1.29, 1.82) is 0 Å². The van der Waals surface area contributed by atoms with E-state index in [2.05, 4.69) is 13.0 Å². The Balaban J connectivity index is 2.13. The number of rotatable bonds is 5. The third kappa shape index (κ3) is 2.43. The highest BCUT2D eigenvalue weighted by Crippen LogP contribution is 2.30. The van der Waals surface area contributed by atoms with E-state index in [0.717, 1.165) is 17.4 Å². The molecule has 0 amide bonds. The summed E-state index contributed by atoms with van der Waals surface area (Å²) < 4.78 is 6.59. The van der Waals surface area contributed by atoms with Gasteiger partial charge in [0.1, 0.15) is 6.10 Å². The van der Waals surface area contributed by atoms with Gasteiger partial charge < -0.3 is 9.84 Å². The quantitative estimate of drug-likeness (QED) is 0.807. The number of aliphatic hydroxyl groups is 1. The van der Waals surface area contributed by atoms with Crippen LogP contribution in [0, 0.1) is 0 Å². The van der Waals surface area contributed by atoms with Crippen LogP contribution in [0.4, 0.5) is 0 Å². The first kappa shape index (κ1) is 11.6. The van der Waals surface area contributed by atoms with Gasteiger partial charge in [-0.15, -0.1) is 11.3 Å². The molecule has 0 aliphatic carbocycles. The molecule has 0 aliphatic heterocycles. The molecule has 0 fully saturated rings. The molecule has 16 heavy (non-hydrogen) atoms. The van der Waals surface area contributed by atoms with Gasteiger partial charge in [0.05, 0.1) is 6.61 Å². The monoisotopic (exact) mass is 236 g/mol. The Hall–Kier alpha value is -0.900. The van der Waals surface area contributed by atoms with Gasteiger partial charge >= 0.3 is 0 Å². The first-order valence-corrected chi connectivity index (χ1v) is 6.43. The van der Waals surface area contributed by atoms with Crippen LogP contribution in [0.1, 0.15) is 25.0 Å². The standard InChI is InChI=1S/C13H16O2S/c1-2-7-15-8-12(14)11-9-16-13-6-4-3-5-10(11)13/h3-6,9,12,14H,2,7-8H2,1H3. The van der Waals surface area contributed by atoms with Crippen molar-refractivity contribution < 1.29 is 9.84 Å². The highest BCUT2D eigenvalue weighted by atomic mass is 32.1. The van der Waals surface area contributed by atoms with E-state index in [-0.39, 0.29) is 0 Å². The number of ether oxygens (including phenoxy) is 1. The van der Waals surface area contributed by atoms with Crippen molar-refractivity contribution in [2.45, 2.75) is 19.4 Å². The Bertz CT molecular complexity index is 450. The fraction of sp³-hybridized carbons (Fsp3) is 0.385. The van der Waals surface area contributed by atoms with Crippen molar-refractivity contribution in [3.8, 4) is 0 Å². The number of thiophene rings is 1. The molecule has 1 N–H and O–H groups in total. The van der Waals surface area contributed by atoms with E-state index in [1.807, 2.05) is 23.6 Å². The summed E-state index contributed by atoms with van der Waals surface area (Å²) in [5.41, 5.74) is 0.983. The van der Waals surface area contributed by atoms with Crippen LogP contribution < -0.4 is 0 Å². The molecular formula is C13H16O2S. The van der Waals surface area contributed by atoms with E-state index in [0.29, 0.717) is 13.2 Å². The molecule has 0 bridgehead atoms. The van der Waals surface area contributed by atoms with Crippen molar-refractivity contribution in [2.75, 3.05) is 13.2 Å². The largest absolute Gasteiger partial charge is 0.386 e. The molecule has 0 aliphatic rings. The molecule has 1 aromatic heterocycles. The minimum Gasteiger partial charge on any atom is -0.386 e. The minimum absolute atomic E-state index is 0.383. The second kappa shape index (κ2) is 5.43. The first-order chi connectivity index (χ1) is 7.83. The van der Waals surface area contributed by atoms with Crippen LogP contribution in [-0.4, -0.2) is 18.3 Å². The van der Waals surface area contributed by atoms with E-state index in [4.69, 9.17) is 4.74 Å². The normalized spacial score (nSPS) is 13.1. The average Bonchev–Trinajstić information content (AvgIpc) is 2.73. The third-order valence-electron chi connectivity index (χ3n) is 2.49. The predicted molar refractivity (Wildman–Crippen MR) is 67.9 cm³/mol. The van der Waals surface area contributed by atoms with Crippen LogP contribution in [0.15, 0.2) is 29.6 Å². The maximum absolute atomic E-state index is 10.0. The van der Waals surface area contributed by atoms with Crippen molar-refractivity contribution in [1.82, 2.24) is 0 Å². The van der Waals surface area contributed by atoms with Gasteiger partial charge in [-0.2, -0.15) is 0 Å². The molecule has 0 spiro atoms. The lowest BCUT2D eigenvalue weighted by molar-refractivity contribution is 0.0373. The zero-order valence-corrected chi connectivity index (χ0v) is 10.2. The summed E-state index contributed by atoms with van der Waals surface area (Å²) in [4.78, 5) is 0. The van der Waals surface area contributed by atoms with E-state index in [9.17, 15) is 5.11 Å². The van der Waals surface area contributed by atoms with Crippen LogP contribution in [0.3, 0.4) is 0 Å². The molecule has 86 valence electrons. The maximum Gasteiger partial charge on any atom is 0.104 e. The van der Waals surface area contributed by atoms with Crippen LogP contribution in [0.5, 0.6) is 0 Å². The number of hydrogen-bond donors (Lipinski definition) is 1. The molecule has 2 nitrogen and oxygen atoms in total. The topological polar surface area (TPSA) is 29.5 Å². The van der Waals surface area contributed by atoms with Gasteiger partial charge in [0, 0.05) is 16.9 Å². The molecule has 1 heterocycles. The van der Waals surface area contributed by atoms with Crippen LogP contribution in [-0.2, 0) is 4.74 Å². The Morgan fingerprint density at radius 2 is 2.19 bits per heavy atom. The minimum atomic E-state index is -0.511. The number of aliphatic hydroxyl groups excluding tert-OH is 1. The van der Waals surface area contributed by atoms with Crippen LogP contribution in [0.2, 0.25) is 0 Å². The third-order valence-corrected chi connectivity index (χ3v) is 3.48. The van der Waals surface area contributed by atoms with Gasteiger partial charge in [-0.05, 0) is 23.3 Å². The van der Waals surface area contributed by atoms with Gasteiger partial charge in [-0.25, -0.2) is 0 Å². The average molecular weight is 236 g/mol. The lowest BCUT2D eigenvalue weighted by Crippen LogP contribution is -2.07. The van der Waals surface area contributed by atoms with Gasteiger partial charge in [0.2, 0.25) is 0 Å². The molecule has 1 unspecified atom stereocenters. The molecule has 2 rings (SSSR count). The Morgan fingerprint density at radius 3 is 3.00 bits per heavy atom. The lowest BCUT2D eigenvalue weighted by Gasteiger charge is -2.10. The molecule has 2 aromatic rings. The fourth-order valence-electron chi connectivity index (χ4n) is 1.69. The van der Waals surface area contributed by atoms with Crippen molar-refractivity contribution >= 4 is 21.4 Å². The highest BCUT2D eigenvalue weighted by Gasteiger charge is 2.12. The summed E-state index contributed by atoms with van der Waals surface area (Å²) in [6.07, 6.45) is 0.472. The first-order valence-electron chi connectivity index (χ1n) is 5.55. The van der Waals surface area contributed by atoms with E-state index in [1.54, 1.807) is 11.3 Å². The van der Waals surface area contributed by atoms with Crippen LogP contribution >= 0.6 is 11.3 Å². The number of benzene rings is 1. The zero-order valence-electron chi connectivity index (χ0n) is 9.35. The summed E-state index contributed by atoms with van der Waals surface area (Å²) in [6.45, 7) is 3.15. The zero-order chi connectivity index (χ0) is 11.4. The molecule has 1 atom stereocenters. The summed E-state index contributed by atoms with van der Waals surface area (Å²) in [7, 11) is 0. The molecular weight excluding hydrogens is 220 g/mol. The van der Waals surface area contributed by atoms with Gasteiger partial charge in [0.25, 0.3) is 0 Å². The molecule has 3 heteroatoms. The SMILES string of the molecule is CCCOCC(O)c1csc2ccccc12. The Kier molecular flexibility index (Phi) is 3.93.